The Kier molecular flexibility index (Phi) is 3.20. The van der Waals surface area contributed by atoms with E-state index in [0.29, 0.717) is 10.8 Å². The Balaban J connectivity index is 2.16. The molecule has 0 spiro atoms. The number of carbonyl (C=O) groups excluding carboxylic acids is 1. The molecule has 2 aromatic rings. The Morgan fingerprint density at radius 2 is 2.28 bits per heavy atom. The molecule has 18 heavy (non-hydrogen) atoms. The Hall–Kier alpha value is -2.48. The maximum absolute atomic E-state index is 11.7. The number of nitro benzene ring substituents is 1. The van der Waals surface area contributed by atoms with Crippen LogP contribution in [0.15, 0.2) is 29.6 Å². The van der Waals surface area contributed by atoms with E-state index in [0.717, 1.165) is 11.3 Å². The van der Waals surface area contributed by atoms with Gasteiger partial charge in [0.05, 0.1) is 4.92 Å². The molecule has 8 heteroatoms. The summed E-state index contributed by atoms with van der Waals surface area (Å²) in [6, 6.07) is 5.66. The van der Waals surface area contributed by atoms with E-state index in [9.17, 15) is 14.9 Å². The lowest BCUT2D eigenvalue weighted by molar-refractivity contribution is -0.384. The normalized spacial score (nSPS) is 10.0. The lowest BCUT2D eigenvalue weighted by Gasteiger charge is -2.02. The molecule has 1 amide bonds. The van der Waals surface area contributed by atoms with Gasteiger partial charge in [-0.1, -0.05) is 6.07 Å². The number of benzene rings is 1. The number of aromatic nitrogens is 1. The second kappa shape index (κ2) is 4.80. The number of nitrogen functional groups attached to an aromatic ring is 1. The number of nitrogens with two attached hydrogens (primary N) is 1. The first-order valence-electron chi connectivity index (χ1n) is 4.83. The summed E-state index contributed by atoms with van der Waals surface area (Å²) in [6.07, 6.45) is 0. The molecule has 0 aliphatic heterocycles. The van der Waals surface area contributed by atoms with E-state index in [4.69, 9.17) is 5.73 Å². The number of nitrogens with one attached hydrogen (secondary N) is 1. The summed E-state index contributed by atoms with van der Waals surface area (Å²) in [6.45, 7) is 0. The Morgan fingerprint density at radius 3 is 2.89 bits per heavy atom. The molecule has 7 nitrogen and oxygen atoms in total. The molecule has 1 heterocycles. The van der Waals surface area contributed by atoms with E-state index in [2.05, 4.69) is 10.3 Å². The monoisotopic (exact) mass is 264 g/mol. The molecule has 0 saturated carbocycles. The van der Waals surface area contributed by atoms with Gasteiger partial charge in [-0.05, 0) is 6.07 Å². The van der Waals surface area contributed by atoms with Crippen molar-refractivity contribution >= 4 is 33.8 Å². The second-order valence-electron chi connectivity index (χ2n) is 3.33. The number of hydrogen-bond donors (Lipinski definition) is 2. The van der Waals surface area contributed by atoms with Crippen LogP contribution in [0.2, 0.25) is 0 Å². The van der Waals surface area contributed by atoms with E-state index in [1.165, 1.54) is 23.6 Å². The molecule has 0 unspecified atom stereocenters. The van der Waals surface area contributed by atoms with Gasteiger partial charge in [0.15, 0.2) is 5.13 Å². The fraction of sp³-hybridized carbons (Fsp3) is 0. The molecule has 92 valence electrons. The molecule has 0 aliphatic carbocycles. The predicted octanol–water partition coefficient (Wildman–Crippen LogP) is 1.89. The summed E-state index contributed by atoms with van der Waals surface area (Å²) < 4.78 is 0. The summed E-state index contributed by atoms with van der Waals surface area (Å²) >= 11 is 1.15. The number of nitro groups is 1. The minimum Gasteiger partial charge on any atom is -0.375 e. The van der Waals surface area contributed by atoms with Crippen LogP contribution in [-0.2, 0) is 0 Å². The van der Waals surface area contributed by atoms with E-state index in [-0.39, 0.29) is 11.4 Å². The van der Waals surface area contributed by atoms with Crippen LogP contribution in [-0.4, -0.2) is 15.8 Å². The van der Waals surface area contributed by atoms with Crippen molar-refractivity contribution in [2.75, 3.05) is 11.1 Å². The molecule has 3 N–H and O–H groups in total. The average molecular weight is 264 g/mol. The summed E-state index contributed by atoms with van der Waals surface area (Å²) in [5.41, 5.74) is 5.84. The van der Waals surface area contributed by atoms with E-state index >= 15 is 0 Å². The fourth-order valence-corrected chi connectivity index (χ4v) is 1.83. The number of carbonyl (C=O) groups is 1. The lowest BCUT2D eigenvalue weighted by atomic mass is 10.3. The van der Waals surface area contributed by atoms with Crippen molar-refractivity contribution < 1.29 is 9.72 Å². The molecule has 1 aromatic heterocycles. The molecule has 0 bridgehead atoms. The van der Waals surface area contributed by atoms with Crippen molar-refractivity contribution in [2.24, 2.45) is 0 Å². The average Bonchev–Trinajstić information content (AvgIpc) is 2.76. The van der Waals surface area contributed by atoms with Crippen LogP contribution in [0.25, 0.3) is 0 Å². The van der Waals surface area contributed by atoms with E-state index in [1.54, 1.807) is 6.07 Å². The maximum Gasteiger partial charge on any atom is 0.275 e. The van der Waals surface area contributed by atoms with Crippen LogP contribution in [0, 0.1) is 10.1 Å². The van der Waals surface area contributed by atoms with Crippen LogP contribution in [0.3, 0.4) is 0 Å². The van der Waals surface area contributed by atoms with E-state index in [1.807, 2.05) is 0 Å². The van der Waals surface area contributed by atoms with Crippen LogP contribution in [0.5, 0.6) is 0 Å². The molecular weight excluding hydrogens is 256 g/mol. The van der Waals surface area contributed by atoms with Gasteiger partial charge in [0.1, 0.15) is 5.69 Å². The number of rotatable bonds is 3. The third-order valence-electron chi connectivity index (χ3n) is 2.07. The largest absolute Gasteiger partial charge is 0.375 e. The van der Waals surface area contributed by atoms with Crippen LogP contribution >= 0.6 is 11.3 Å². The number of hydrogen-bond acceptors (Lipinski definition) is 6. The second-order valence-corrected chi connectivity index (χ2v) is 4.22. The highest BCUT2D eigenvalue weighted by atomic mass is 32.1. The first-order chi connectivity index (χ1) is 8.56. The summed E-state index contributed by atoms with van der Waals surface area (Å²) in [7, 11) is 0. The third kappa shape index (κ3) is 2.61. The molecular formula is C10H8N4O3S. The highest BCUT2D eigenvalue weighted by Crippen LogP contribution is 2.18. The molecule has 0 radical (unpaired) electrons. The van der Waals surface area contributed by atoms with Crippen molar-refractivity contribution in [1.82, 2.24) is 4.98 Å². The Bertz CT molecular complexity index is 611. The van der Waals surface area contributed by atoms with Gasteiger partial charge in [-0.2, -0.15) is 0 Å². The summed E-state index contributed by atoms with van der Waals surface area (Å²) in [5.74, 6) is -0.455. The van der Waals surface area contributed by atoms with Crippen molar-refractivity contribution in [3.63, 3.8) is 0 Å². The van der Waals surface area contributed by atoms with Gasteiger partial charge in [0.25, 0.3) is 11.6 Å². The molecule has 0 saturated heterocycles. The Labute approximate surface area is 105 Å². The zero-order chi connectivity index (χ0) is 13.1. The zero-order valence-electron chi connectivity index (χ0n) is 8.99. The first kappa shape index (κ1) is 12.0. The number of anilines is 2. The number of thiazole rings is 1. The zero-order valence-corrected chi connectivity index (χ0v) is 9.81. The van der Waals surface area contributed by atoms with Gasteiger partial charge in [-0.25, -0.2) is 4.98 Å². The number of amides is 1. The molecule has 1 aromatic carbocycles. The minimum atomic E-state index is -0.531. The van der Waals surface area contributed by atoms with Crippen molar-refractivity contribution in [2.45, 2.75) is 0 Å². The highest BCUT2D eigenvalue weighted by Gasteiger charge is 2.12. The van der Waals surface area contributed by atoms with Gasteiger partial charge in [-0.15, -0.1) is 11.3 Å². The van der Waals surface area contributed by atoms with Gasteiger partial charge >= 0.3 is 0 Å². The van der Waals surface area contributed by atoms with Crippen LogP contribution in [0.1, 0.15) is 10.5 Å². The first-order valence-corrected chi connectivity index (χ1v) is 5.71. The van der Waals surface area contributed by atoms with Crippen LogP contribution in [0.4, 0.5) is 16.5 Å². The topological polar surface area (TPSA) is 111 Å². The lowest BCUT2D eigenvalue weighted by Crippen LogP contribution is -2.12. The van der Waals surface area contributed by atoms with Gasteiger partial charge < -0.3 is 11.1 Å². The van der Waals surface area contributed by atoms with Gasteiger partial charge in [-0.3, -0.25) is 14.9 Å². The smallest absolute Gasteiger partial charge is 0.275 e. The fourth-order valence-electron chi connectivity index (χ4n) is 1.28. The molecule has 0 aliphatic rings. The highest BCUT2D eigenvalue weighted by molar-refractivity contribution is 7.13. The number of nitrogens with zero attached hydrogens (tertiary/aromatic N) is 2. The Morgan fingerprint density at radius 1 is 1.50 bits per heavy atom. The van der Waals surface area contributed by atoms with Crippen molar-refractivity contribution in [3.05, 3.63) is 45.5 Å². The van der Waals surface area contributed by atoms with Gasteiger partial charge in [0.2, 0.25) is 0 Å². The third-order valence-corrected chi connectivity index (χ3v) is 2.74. The summed E-state index contributed by atoms with van der Waals surface area (Å²) in [5, 5.41) is 14.9. The standard InChI is InChI=1S/C10H8N4O3S/c11-10-13-8(5-18-10)9(15)12-6-2-1-3-7(4-6)14(16)17/h1-5H,(H2,11,13)(H,12,15). The molecule has 0 fully saturated rings. The summed E-state index contributed by atoms with van der Waals surface area (Å²) in [4.78, 5) is 25.6. The molecule has 2 rings (SSSR count). The van der Waals surface area contributed by atoms with Crippen LogP contribution < -0.4 is 11.1 Å². The van der Waals surface area contributed by atoms with Crippen molar-refractivity contribution in [3.8, 4) is 0 Å². The van der Waals surface area contributed by atoms with Gasteiger partial charge in [0, 0.05) is 23.2 Å². The van der Waals surface area contributed by atoms with E-state index < -0.39 is 10.8 Å². The van der Waals surface area contributed by atoms with Crippen molar-refractivity contribution in [1.29, 1.82) is 0 Å². The maximum atomic E-state index is 11.7. The predicted molar refractivity (Wildman–Crippen MR) is 67.6 cm³/mol. The minimum absolute atomic E-state index is 0.0920. The SMILES string of the molecule is Nc1nc(C(=O)Nc2cccc([N+](=O)[O-])c2)cs1. The molecule has 0 atom stereocenters. The number of non-ortho nitro benzene ring substituents is 1. The quantitative estimate of drug-likeness (QED) is 0.649.